The molecule has 0 spiro atoms. The third-order valence-electron chi connectivity index (χ3n) is 2.86. The number of esters is 1. The zero-order valence-corrected chi connectivity index (χ0v) is 11.7. The fourth-order valence-corrected chi connectivity index (χ4v) is 1.84. The Hall–Kier alpha value is -2.01. The molecule has 0 N–H and O–H groups in total. The van der Waals surface area contributed by atoms with Crippen molar-refractivity contribution < 1.29 is 18.3 Å². The van der Waals surface area contributed by atoms with Gasteiger partial charge in [-0.1, -0.05) is 17.7 Å². The molecule has 0 saturated heterocycles. The lowest BCUT2D eigenvalue weighted by Crippen LogP contribution is -2.09. The summed E-state index contributed by atoms with van der Waals surface area (Å²) in [5.41, 5.74) is 1.21. The molecule has 0 aliphatic heterocycles. The molecular formula is C15H11F2O2Si. The van der Waals surface area contributed by atoms with Crippen LogP contribution in [0.2, 0.25) is 0 Å². The Labute approximate surface area is 118 Å². The Morgan fingerprint density at radius 2 is 1.70 bits per heavy atom. The van der Waals surface area contributed by atoms with Gasteiger partial charge < -0.3 is 4.74 Å². The van der Waals surface area contributed by atoms with Crippen molar-refractivity contribution in [3.05, 3.63) is 64.7 Å². The molecule has 2 nitrogen and oxygen atoms in total. The first kappa shape index (κ1) is 14.4. The standard InChI is InChI=1S/C15H11F2O2Si/c1-9-13(16)6-12(7-14(9)17)19-15(18)11-4-2-10(8-20)3-5-11/h2-7H,8H2,1H3. The van der Waals surface area contributed by atoms with Gasteiger partial charge in [0.1, 0.15) is 17.4 Å². The second-order valence-electron chi connectivity index (χ2n) is 4.28. The zero-order chi connectivity index (χ0) is 14.7. The summed E-state index contributed by atoms with van der Waals surface area (Å²) in [6, 6.07) is 9.37. The third-order valence-corrected chi connectivity index (χ3v) is 3.27. The van der Waals surface area contributed by atoms with Crippen LogP contribution in [0.15, 0.2) is 36.4 Å². The summed E-state index contributed by atoms with van der Waals surface area (Å²) in [5.74, 6) is -2.31. The first-order valence-electron chi connectivity index (χ1n) is 5.92. The van der Waals surface area contributed by atoms with Gasteiger partial charge in [-0.2, -0.15) is 0 Å². The first-order chi connectivity index (χ1) is 9.51. The van der Waals surface area contributed by atoms with Gasteiger partial charge in [0.25, 0.3) is 0 Å². The SMILES string of the molecule is Cc1c(F)cc(OC(=O)c2ccc(C[Si])cc2)cc1F. The molecule has 101 valence electrons. The maximum atomic E-state index is 13.4. The molecule has 0 amide bonds. The van der Waals surface area contributed by atoms with Crippen LogP contribution < -0.4 is 4.74 Å². The van der Waals surface area contributed by atoms with Crippen molar-refractivity contribution >= 4 is 16.2 Å². The molecule has 0 fully saturated rings. The van der Waals surface area contributed by atoms with Crippen molar-refractivity contribution in [1.82, 2.24) is 0 Å². The Balaban J connectivity index is 2.18. The molecule has 0 atom stereocenters. The van der Waals surface area contributed by atoms with Crippen LogP contribution in [0.3, 0.4) is 0 Å². The first-order valence-corrected chi connectivity index (χ1v) is 6.63. The van der Waals surface area contributed by atoms with E-state index in [9.17, 15) is 13.6 Å². The van der Waals surface area contributed by atoms with Crippen molar-refractivity contribution in [3.63, 3.8) is 0 Å². The van der Waals surface area contributed by atoms with Crippen molar-refractivity contribution in [3.8, 4) is 5.75 Å². The number of carbonyl (C=O) groups excluding carboxylic acids is 1. The monoisotopic (exact) mass is 289 g/mol. The van der Waals surface area contributed by atoms with E-state index in [1.54, 1.807) is 24.3 Å². The molecule has 0 aromatic heterocycles. The van der Waals surface area contributed by atoms with E-state index in [1.807, 2.05) is 0 Å². The number of carbonyl (C=O) groups is 1. The number of rotatable bonds is 3. The average Bonchev–Trinajstić information content (AvgIpc) is 2.44. The number of halogens is 2. The van der Waals surface area contributed by atoms with Gasteiger partial charge in [-0.3, -0.25) is 0 Å². The van der Waals surface area contributed by atoms with Crippen LogP contribution in [0.5, 0.6) is 5.75 Å². The summed E-state index contributed by atoms with van der Waals surface area (Å²) in [5, 5.41) is 0. The molecule has 0 heterocycles. The van der Waals surface area contributed by atoms with Gasteiger partial charge in [0.15, 0.2) is 0 Å². The third kappa shape index (κ3) is 3.11. The smallest absolute Gasteiger partial charge is 0.343 e. The molecule has 2 rings (SSSR count). The van der Waals surface area contributed by atoms with Crippen LogP contribution in [-0.2, 0) is 6.04 Å². The molecule has 3 radical (unpaired) electrons. The highest BCUT2D eigenvalue weighted by Crippen LogP contribution is 2.21. The topological polar surface area (TPSA) is 26.3 Å². The van der Waals surface area contributed by atoms with Crippen LogP contribution >= 0.6 is 0 Å². The molecule has 2 aromatic carbocycles. The molecule has 0 aliphatic carbocycles. The van der Waals surface area contributed by atoms with Gasteiger partial charge >= 0.3 is 5.97 Å². The lowest BCUT2D eigenvalue weighted by molar-refractivity contribution is 0.0734. The van der Waals surface area contributed by atoms with Gasteiger partial charge in [-0.05, 0) is 25.1 Å². The van der Waals surface area contributed by atoms with E-state index < -0.39 is 17.6 Å². The summed E-state index contributed by atoms with van der Waals surface area (Å²) in [7, 11) is 3.34. The fourth-order valence-electron chi connectivity index (χ4n) is 1.61. The quantitative estimate of drug-likeness (QED) is 0.493. The van der Waals surface area contributed by atoms with Crippen LogP contribution in [0.1, 0.15) is 21.5 Å². The lowest BCUT2D eigenvalue weighted by atomic mass is 10.1. The van der Waals surface area contributed by atoms with Gasteiger partial charge in [0.2, 0.25) is 0 Å². The summed E-state index contributed by atoms with van der Waals surface area (Å²) in [6.07, 6.45) is 0. The van der Waals surface area contributed by atoms with E-state index in [0.29, 0.717) is 11.6 Å². The molecule has 0 unspecified atom stereocenters. The van der Waals surface area contributed by atoms with Gasteiger partial charge in [-0.15, -0.1) is 0 Å². The van der Waals surface area contributed by atoms with Gasteiger partial charge in [0.05, 0.1) is 5.56 Å². The Morgan fingerprint density at radius 1 is 1.15 bits per heavy atom. The molecule has 20 heavy (non-hydrogen) atoms. The summed E-state index contributed by atoms with van der Waals surface area (Å²) in [6.45, 7) is 1.31. The molecule has 5 heteroatoms. The average molecular weight is 289 g/mol. The minimum Gasteiger partial charge on any atom is -0.423 e. The molecular weight excluding hydrogens is 278 g/mol. The predicted octanol–water partition coefficient (Wildman–Crippen LogP) is 3.16. The second-order valence-corrected chi connectivity index (χ2v) is 4.63. The normalized spacial score (nSPS) is 10.4. The Morgan fingerprint density at radius 3 is 2.20 bits per heavy atom. The van der Waals surface area contributed by atoms with Gasteiger partial charge in [0, 0.05) is 27.9 Å². The molecule has 0 aliphatic rings. The number of ether oxygens (including phenoxy) is 1. The lowest BCUT2D eigenvalue weighted by Gasteiger charge is -2.07. The van der Waals surface area contributed by atoms with E-state index in [-0.39, 0.29) is 11.3 Å². The van der Waals surface area contributed by atoms with Crippen LogP contribution in [0.4, 0.5) is 8.78 Å². The van der Waals surface area contributed by atoms with Crippen LogP contribution in [0, 0.1) is 18.6 Å². The number of benzene rings is 2. The second kappa shape index (κ2) is 5.96. The van der Waals surface area contributed by atoms with Crippen molar-refractivity contribution in [1.29, 1.82) is 0 Å². The Bertz CT molecular complexity index is 616. The highest BCUT2D eigenvalue weighted by atomic mass is 28.1. The van der Waals surface area contributed by atoms with Crippen LogP contribution in [0.25, 0.3) is 0 Å². The van der Waals surface area contributed by atoms with E-state index in [1.165, 1.54) is 6.92 Å². The number of hydrogen-bond acceptors (Lipinski definition) is 2. The van der Waals surface area contributed by atoms with Gasteiger partial charge in [-0.25, -0.2) is 13.6 Å². The minimum absolute atomic E-state index is 0.105. The molecule has 0 saturated carbocycles. The van der Waals surface area contributed by atoms with E-state index in [4.69, 9.17) is 4.74 Å². The van der Waals surface area contributed by atoms with E-state index in [2.05, 4.69) is 10.2 Å². The van der Waals surface area contributed by atoms with Crippen molar-refractivity contribution in [2.75, 3.05) is 0 Å². The molecule has 0 bridgehead atoms. The highest BCUT2D eigenvalue weighted by Gasteiger charge is 2.12. The largest absolute Gasteiger partial charge is 0.423 e. The fraction of sp³-hybridized carbons (Fsp3) is 0.133. The summed E-state index contributed by atoms with van der Waals surface area (Å²) < 4.78 is 31.7. The van der Waals surface area contributed by atoms with E-state index in [0.717, 1.165) is 17.7 Å². The maximum absolute atomic E-state index is 13.4. The maximum Gasteiger partial charge on any atom is 0.343 e. The highest BCUT2D eigenvalue weighted by molar-refractivity contribution is 6.08. The van der Waals surface area contributed by atoms with Crippen LogP contribution in [-0.4, -0.2) is 16.2 Å². The Kier molecular flexibility index (Phi) is 4.29. The van der Waals surface area contributed by atoms with Crippen molar-refractivity contribution in [2.24, 2.45) is 0 Å². The minimum atomic E-state index is -0.748. The predicted molar refractivity (Wildman–Crippen MR) is 72.0 cm³/mol. The summed E-state index contributed by atoms with van der Waals surface area (Å²) in [4.78, 5) is 11.8. The summed E-state index contributed by atoms with van der Waals surface area (Å²) >= 11 is 0. The van der Waals surface area contributed by atoms with Crippen molar-refractivity contribution in [2.45, 2.75) is 13.0 Å². The zero-order valence-electron chi connectivity index (χ0n) is 10.7. The van der Waals surface area contributed by atoms with E-state index >= 15 is 0 Å². The number of hydrogen-bond donors (Lipinski definition) is 0. The molecule has 2 aromatic rings.